The second kappa shape index (κ2) is 4.91. The molecule has 1 saturated heterocycles. The number of rotatable bonds is 3. The van der Waals surface area contributed by atoms with E-state index in [1.54, 1.807) is 12.3 Å². The highest BCUT2D eigenvalue weighted by atomic mass is 16.5. The van der Waals surface area contributed by atoms with Gasteiger partial charge in [-0.1, -0.05) is 5.16 Å². The molecule has 2 aromatic rings. The largest absolute Gasteiger partial charge is 0.461 e. The minimum atomic E-state index is 0.256. The van der Waals surface area contributed by atoms with Gasteiger partial charge in [-0.3, -0.25) is 4.90 Å². The molecule has 1 aliphatic heterocycles. The molecule has 0 bridgehead atoms. The molecule has 3 heterocycles. The van der Waals surface area contributed by atoms with Crippen LogP contribution in [0.3, 0.4) is 0 Å². The molecule has 0 radical (unpaired) electrons. The van der Waals surface area contributed by atoms with E-state index in [-0.39, 0.29) is 6.10 Å². The summed E-state index contributed by atoms with van der Waals surface area (Å²) in [5.74, 6) is 1.73. The number of hydrogen-bond acceptors (Lipinski definition) is 6. The lowest BCUT2D eigenvalue weighted by molar-refractivity contribution is -0.0240. The first-order valence-corrected chi connectivity index (χ1v) is 6.01. The van der Waals surface area contributed by atoms with E-state index in [0.29, 0.717) is 24.0 Å². The molecular formula is C12H15N3O3. The summed E-state index contributed by atoms with van der Waals surface area (Å²) in [5, 5.41) is 3.91. The molecule has 18 heavy (non-hydrogen) atoms. The maximum Gasteiger partial charge on any atom is 0.241 e. The third-order valence-electron chi connectivity index (χ3n) is 2.89. The van der Waals surface area contributed by atoms with E-state index in [0.717, 1.165) is 19.7 Å². The zero-order valence-electron chi connectivity index (χ0n) is 10.2. The summed E-state index contributed by atoms with van der Waals surface area (Å²) in [4.78, 5) is 6.56. The van der Waals surface area contributed by atoms with Gasteiger partial charge in [0.2, 0.25) is 11.7 Å². The molecule has 0 aliphatic carbocycles. The highest BCUT2D eigenvalue weighted by molar-refractivity contribution is 5.44. The van der Waals surface area contributed by atoms with Gasteiger partial charge in [0.05, 0.1) is 25.5 Å². The third-order valence-corrected chi connectivity index (χ3v) is 2.89. The van der Waals surface area contributed by atoms with Gasteiger partial charge in [-0.25, -0.2) is 0 Å². The van der Waals surface area contributed by atoms with E-state index in [1.165, 1.54) is 0 Å². The first kappa shape index (κ1) is 11.4. The number of ether oxygens (including phenoxy) is 1. The van der Waals surface area contributed by atoms with E-state index in [4.69, 9.17) is 13.7 Å². The maximum atomic E-state index is 5.49. The molecule has 2 aromatic heterocycles. The Hall–Kier alpha value is -1.66. The Morgan fingerprint density at radius 2 is 2.44 bits per heavy atom. The lowest BCUT2D eigenvalue weighted by Crippen LogP contribution is -2.40. The van der Waals surface area contributed by atoms with Crippen LogP contribution in [0.1, 0.15) is 12.8 Å². The van der Waals surface area contributed by atoms with Crippen molar-refractivity contribution in [3.8, 4) is 11.6 Å². The Kier molecular flexibility index (Phi) is 3.12. The molecule has 0 amide bonds. The number of furan rings is 1. The van der Waals surface area contributed by atoms with Gasteiger partial charge < -0.3 is 13.7 Å². The van der Waals surface area contributed by atoms with Crippen molar-refractivity contribution in [2.24, 2.45) is 0 Å². The number of hydrogen-bond donors (Lipinski definition) is 0. The van der Waals surface area contributed by atoms with Crippen molar-refractivity contribution in [1.82, 2.24) is 15.0 Å². The molecule has 0 N–H and O–H groups in total. The second-order valence-electron chi connectivity index (χ2n) is 4.41. The first-order chi connectivity index (χ1) is 8.81. The Labute approximate surface area is 105 Å². The fraction of sp³-hybridized carbons (Fsp3) is 0.500. The van der Waals surface area contributed by atoms with Crippen LogP contribution in [-0.2, 0) is 11.3 Å². The van der Waals surface area contributed by atoms with Crippen LogP contribution in [0.4, 0.5) is 0 Å². The predicted octanol–water partition coefficient (Wildman–Crippen LogP) is 1.55. The monoisotopic (exact) mass is 249 g/mol. The summed E-state index contributed by atoms with van der Waals surface area (Å²) < 4.78 is 15.9. The summed E-state index contributed by atoms with van der Waals surface area (Å²) in [7, 11) is 0. The van der Waals surface area contributed by atoms with Crippen molar-refractivity contribution in [3.63, 3.8) is 0 Å². The van der Waals surface area contributed by atoms with Gasteiger partial charge >= 0.3 is 0 Å². The number of aromatic nitrogens is 2. The third kappa shape index (κ3) is 2.44. The molecule has 6 nitrogen and oxygen atoms in total. The van der Waals surface area contributed by atoms with Crippen molar-refractivity contribution >= 4 is 0 Å². The smallest absolute Gasteiger partial charge is 0.241 e. The van der Waals surface area contributed by atoms with Crippen LogP contribution in [0.2, 0.25) is 0 Å². The molecular weight excluding hydrogens is 234 g/mol. The molecule has 96 valence electrons. The molecule has 6 heteroatoms. The van der Waals surface area contributed by atoms with Crippen LogP contribution in [0.15, 0.2) is 27.3 Å². The molecule has 0 aromatic carbocycles. The maximum absolute atomic E-state index is 5.49. The lowest BCUT2D eigenvalue weighted by Gasteiger charge is -2.29. The quantitative estimate of drug-likeness (QED) is 0.822. The van der Waals surface area contributed by atoms with Crippen LogP contribution in [0.5, 0.6) is 0 Å². The molecule has 3 rings (SSSR count). The van der Waals surface area contributed by atoms with E-state index in [9.17, 15) is 0 Å². The zero-order valence-corrected chi connectivity index (χ0v) is 10.2. The highest BCUT2D eigenvalue weighted by Crippen LogP contribution is 2.17. The SMILES string of the molecule is CC1CN(Cc2nc(-c3ccco3)no2)CCO1. The second-order valence-corrected chi connectivity index (χ2v) is 4.41. The predicted molar refractivity (Wildman–Crippen MR) is 62.7 cm³/mol. The van der Waals surface area contributed by atoms with Gasteiger partial charge in [0, 0.05) is 13.1 Å². The van der Waals surface area contributed by atoms with Crippen LogP contribution >= 0.6 is 0 Å². The number of morpholine rings is 1. The van der Waals surface area contributed by atoms with Crippen molar-refractivity contribution in [2.45, 2.75) is 19.6 Å². The van der Waals surface area contributed by atoms with Gasteiger partial charge in [-0.05, 0) is 19.1 Å². The Balaban J connectivity index is 1.66. The summed E-state index contributed by atoms with van der Waals surface area (Å²) in [5.41, 5.74) is 0. The van der Waals surface area contributed by atoms with Crippen LogP contribution in [0.25, 0.3) is 11.6 Å². The molecule has 0 saturated carbocycles. The van der Waals surface area contributed by atoms with E-state index in [2.05, 4.69) is 22.0 Å². The summed E-state index contributed by atoms with van der Waals surface area (Å²) in [6.45, 7) is 5.25. The van der Waals surface area contributed by atoms with Crippen molar-refractivity contribution in [2.75, 3.05) is 19.7 Å². The topological polar surface area (TPSA) is 64.5 Å². The van der Waals surface area contributed by atoms with Gasteiger partial charge in [0.15, 0.2) is 5.76 Å². The van der Waals surface area contributed by atoms with Crippen molar-refractivity contribution < 1.29 is 13.7 Å². The normalized spacial score (nSPS) is 21.3. The molecule has 1 atom stereocenters. The van der Waals surface area contributed by atoms with Gasteiger partial charge in [0.25, 0.3) is 0 Å². The zero-order chi connectivity index (χ0) is 12.4. The van der Waals surface area contributed by atoms with E-state index in [1.807, 2.05) is 6.07 Å². The van der Waals surface area contributed by atoms with Crippen molar-refractivity contribution in [1.29, 1.82) is 0 Å². The Morgan fingerprint density at radius 3 is 3.22 bits per heavy atom. The fourth-order valence-corrected chi connectivity index (χ4v) is 2.05. The Morgan fingerprint density at radius 1 is 1.50 bits per heavy atom. The minimum absolute atomic E-state index is 0.256. The summed E-state index contributed by atoms with van der Waals surface area (Å²) in [6, 6.07) is 3.61. The van der Waals surface area contributed by atoms with Crippen molar-refractivity contribution in [3.05, 3.63) is 24.3 Å². The molecule has 1 unspecified atom stereocenters. The van der Waals surface area contributed by atoms with Crippen LogP contribution < -0.4 is 0 Å². The highest BCUT2D eigenvalue weighted by Gasteiger charge is 2.19. The molecule has 0 spiro atoms. The van der Waals surface area contributed by atoms with E-state index >= 15 is 0 Å². The standard InChI is InChI=1S/C12H15N3O3/c1-9-7-15(4-6-16-9)8-11-13-12(14-18-11)10-3-2-5-17-10/h2-3,5,9H,4,6-8H2,1H3. The summed E-state index contributed by atoms with van der Waals surface area (Å²) >= 11 is 0. The minimum Gasteiger partial charge on any atom is -0.461 e. The number of nitrogens with zero attached hydrogens (tertiary/aromatic N) is 3. The molecule has 1 aliphatic rings. The van der Waals surface area contributed by atoms with Crippen LogP contribution in [-0.4, -0.2) is 40.8 Å². The van der Waals surface area contributed by atoms with E-state index < -0.39 is 0 Å². The van der Waals surface area contributed by atoms with Gasteiger partial charge in [-0.15, -0.1) is 0 Å². The van der Waals surface area contributed by atoms with Crippen LogP contribution in [0, 0.1) is 0 Å². The average Bonchev–Trinajstić information content (AvgIpc) is 2.98. The summed E-state index contributed by atoms with van der Waals surface area (Å²) in [6.07, 6.45) is 1.85. The van der Waals surface area contributed by atoms with Gasteiger partial charge in [-0.2, -0.15) is 4.98 Å². The van der Waals surface area contributed by atoms with Gasteiger partial charge in [0.1, 0.15) is 0 Å². The molecule has 1 fully saturated rings. The lowest BCUT2D eigenvalue weighted by atomic mass is 10.3. The Bertz CT molecular complexity index is 494. The average molecular weight is 249 g/mol. The fourth-order valence-electron chi connectivity index (χ4n) is 2.05. The first-order valence-electron chi connectivity index (χ1n) is 6.01.